The van der Waals surface area contributed by atoms with E-state index in [0.717, 1.165) is 0 Å². The normalized spacial score (nSPS) is 12.8. The number of benzene rings is 1. The molecule has 1 aromatic carbocycles. The molecule has 0 amide bonds. The number of nitrogens with one attached hydrogen (secondary N) is 2. The Morgan fingerprint density at radius 2 is 1.91 bits per heavy atom. The Hall–Kier alpha value is -1.86. The smallest absolute Gasteiger partial charge is 0.191 e. The van der Waals surface area contributed by atoms with Crippen LogP contribution in [0.5, 0.6) is 5.75 Å². The minimum absolute atomic E-state index is 0.0861. The first kappa shape index (κ1) is 19.2. The Kier molecular flexibility index (Phi) is 9.74. The Morgan fingerprint density at radius 1 is 1.17 bits per heavy atom. The van der Waals surface area contributed by atoms with Crippen LogP contribution in [-0.2, 0) is 9.47 Å². The molecule has 1 aromatic rings. The third-order valence-electron chi connectivity index (χ3n) is 2.90. The van der Waals surface area contributed by atoms with Crippen molar-refractivity contribution < 1.29 is 18.6 Å². The van der Waals surface area contributed by atoms with Gasteiger partial charge in [-0.15, -0.1) is 0 Å². The van der Waals surface area contributed by atoms with Crippen molar-refractivity contribution in [2.45, 2.75) is 13.0 Å². The molecule has 6 nitrogen and oxygen atoms in total. The van der Waals surface area contributed by atoms with Crippen LogP contribution < -0.4 is 15.4 Å². The highest BCUT2D eigenvalue weighted by molar-refractivity contribution is 5.79. The second-order valence-corrected chi connectivity index (χ2v) is 4.87. The van der Waals surface area contributed by atoms with Crippen molar-refractivity contribution in [3.05, 3.63) is 30.1 Å². The minimum atomic E-state index is -0.277. The van der Waals surface area contributed by atoms with E-state index in [2.05, 4.69) is 15.6 Å². The first-order valence-electron chi connectivity index (χ1n) is 7.59. The van der Waals surface area contributed by atoms with Crippen molar-refractivity contribution in [3.63, 3.8) is 0 Å². The van der Waals surface area contributed by atoms with E-state index < -0.39 is 0 Å². The van der Waals surface area contributed by atoms with E-state index >= 15 is 0 Å². The van der Waals surface area contributed by atoms with Gasteiger partial charge in [-0.1, -0.05) is 0 Å². The Bertz CT molecular complexity index is 454. The van der Waals surface area contributed by atoms with Gasteiger partial charge in [0.05, 0.1) is 26.4 Å². The molecule has 0 saturated carbocycles. The number of methoxy groups -OCH3 is 1. The van der Waals surface area contributed by atoms with Gasteiger partial charge in [-0.25, -0.2) is 4.39 Å². The lowest BCUT2D eigenvalue weighted by atomic mass is 10.3. The summed E-state index contributed by atoms with van der Waals surface area (Å²) in [6, 6.07) is 5.96. The van der Waals surface area contributed by atoms with Gasteiger partial charge < -0.3 is 24.8 Å². The summed E-state index contributed by atoms with van der Waals surface area (Å²) >= 11 is 0. The predicted octanol–water partition coefficient (Wildman–Crippen LogP) is 1.42. The van der Waals surface area contributed by atoms with Crippen molar-refractivity contribution in [2.75, 3.05) is 47.1 Å². The molecule has 0 saturated heterocycles. The lowest BCUT2D eigenvalue weighted by Crippen LogP contribution is -2.42. The van der Waals surface area contributed by atoms with E-state index in [1.807, 2.05) is 6.92 Å². The number of halogens is 1. The Labute approximate surface area is 137 Å². The summed E-state index contributed by atoms with van der Waals surface area (Å²) in [5.74, 6) is 1.03. The minimum Gasteiger partial charge on any atom is -0.489 e. The fourth-order valence-corrected chi connectivity index (χ4v) is 1.73. The van der Waals surface area contributed by atoms with Gasteiger partial charge in [-0.3, -0.25) is 4.99 Å². The van der Waals surface area contributed by atoms with Crippen molar-refractivity contribution in [2.24, 2.45) is 4.99 Å². The van der Waals surface area contributed by atoms with Gasteiger partial charge in [-0.2, -0.15) is 0 Å². The number of hydrogen-bond acceptors (Lipinski definition) is 4. The van der Waals surface area contributed by atoms with E-state index in [1.165, 1.54) is 12.1 Å². The highest BCUT2D eigenvalue weighted by Gasteiger charge is 2.05. The van der Waals surface area contributed by atoms with Crippen LogP contribution in [0.15, 0.2) is 29.3 Å². The lowest BCUT2D eigenvalue weighted by molar-refractivity contribution is 0.0733. The van der Waals surface area contributed by atoms with Gasteiger partial charge >= 0.3 is 0 Å². The molecule has 130 valence electrons. The zero-order valence-electron chi connectivity index (χ0n) is 14.0. The van der Waals surface area contributed by atoms with Gasteiger partial charge in [-0.05, 0) is 31.2 Å². The van der Waals surface area contributed by atoms with Crippen LogP contribution in [-0.4, -0.2) is 59.1 Å². The van der Waals surface area contributed by atoms with E-state index in [0.29, 0.717) is 44.6 Å². The summed E-state index contributed by atoms with van der Waals surface area (Å²) < 4.78 is 28.8. The highest BCUT2D eigenvalue weighted by atomic mass is 19.1. The molecular formula is C16H26FN3O3. The molecule has 0 aromatic heterocycles. The van der Waals surface area contributed by atoms with Crippen LogP contribution in [0.3, 0.4) is 0 Å². The molecule has 0 aliphatic carbocycles. The molecule has 1 unspecified atom stereocenters. The fourth-order valence-electron chi connectivity index (χ4n) is 1.73. The molecule has 0 aliphatic heterocycles. The summed E-state index contributed by atoms with van der Waals surface area (Å²) in [7, 11) is 3.34. The summed E-state index contributed by atoms with van der Waals surface area (Å²) in [5, 5.41) is 6.30. The van der Waals surface area contributed by atoms with Crippen LogP contribution in [0, 0.1) is 5.82 Å². The predicted molar refractivity (Wildman–Crippen MR) is 88.5 cm³/mol. The van der Waals surface area contributed by atoms with Gasteiger partial charge in [0.25, 0.3) is 0 Å². The van der Waals surface area contributed by atoms with Crippen LogP contribution >= 0.6 is 0 Å². The summed E-state index contributed by atoms with van der Waals surface area (Å²) in [4.78, 5) is 4.12. The van der Waals surface area contributed by atoms with Crippen molar-refractivity contribution in [1.82, 2.24) is 10.6 Å². The molecule has 0 bridgehead atoms. The monoisotopic (exact) mass is 327 g/mol. The first-order chi connectivity index (χ1) is 11.2. The molecule has 0 aliphatic rings. The quantitative estimate of drug-likeness (QED) is 0.387. The molecule has 0 spiro atoms. The number of aliphatic imine (C=N–C) groups is 1. The van der Waals surface area contributed by atoms with Crippen LogP contribution in [0.25, 0.3) is 0 Å². The first-order valence-corrected chi connectivity index (χ1v) is 7.59. The van der Waals surface area contributed by atoms with Crippen molar-refractivity contribution in [3.8, 4) is 5.75 Å². The second kappa shape index (κ2) is 11.7. The van der Waals surface area contributed by atoms with E-state index in [9.17, 15) is 4.39 Å². The molecule has 1 atom stereocenters. The van der Waals surface area contributed by atoms with E-state index in [4.69, 9.17) is 14.2 Å². The summed E-state index contributed by atoms with van der Waals surface area (Å²) in [6.07, 6.45) is -0.0861. The van der Waals surface area contributed by atoms with Gasteiger partial charge in [0.1, 0.15) is 17.7 Å². The highest BCUT2D eigenvalue weighted by Crippen LogP contribution is 2.12. The molecule has 0 heterocycles. The molecule has 23 heavy (non-hydrogen) atoms. The van der Waals surface area contributed by atoms with Crippen molar-refractivity contribution >= 4 is 5.96 Å². The third kappa shape index (κ3) is 9.00. The topological polar surface area (TPSA) is 64.1 Å². The number of nitrogens with zero attached hydrogens (tertiary/aromatic N) is 1. The number of rotatable bonds is 10. The maximum Gasteiger partial charge on any atom is 0.191 e. The van der Waals surface area contributed by atoms with Gasteiger partial charge in [0, 0.05) is 20.7 Å². The average molecular weight is 327 g/mol. The van der Waals surface area contributed by atoms with Gasteiger partial charge in [0.2, 0.25) is 0 Å². The molecule has 1 rings (SSSR count). The van der Waals surface area contributed by atoms with E-state index in [-0.39, 0.29) is 11.9 Å². The Balaban J connectivity index is 2.19. The van der Waals surface area contributed by atoms with E-state index in [1.54, 1.807) is 26.3 Å². The van der Waals surface area contributed by atoms with Crippen molar-refractivity contribution in [1.29, 1.82) is 0 Å². The Morgan fingerprint density at radius 3 is 2.57 bits per heavy atom. The van der Waals surface area contributed by atoms with Crippen LogP contribution in [0.2, 0.25) is 0 Å². The maximum atomic E-state index is 12.8. The summed E-state index contributed by atoms with van der Waals surface area (Å²) in [5.41, 5.74) is 0. The molecular weight excluding hydrogens is 301 g/mol. The zero-order valence-corrected chi connectivity index (χ0v) is 14.0. The zero-order chi connectivity index (χ0) is 16.9. The standard InChI is InChI=1S/C16H26FN3O3/c1-13(23-15-6-4-14(17)5-7-15)12-20-16(18-2)19-8-9-22-11-10-21-3/h4-7,13H,8-12H2,1-3H3,(H2,18,19,20). The number of hydrogen-bond donors (Lipinski definition) is 2. The molecule has 0 radical (unpaired) electrons. The average Bonchev–Trinajstić information content (AvgIpc) is 2.55. The van der Waals surface area contributed by atoms with Crippen LogP contribution in [0.4, 0.5) is 4.39 Å². The molecule has 2 N–H and O–H groups in total. The summed E-state index contributed by atoms with van der Waals surface area (Å²) in [6.45, 7) is 4.89. The number of ether oxygens (including phenoxy) is 3. The molecule has 7 heteroatoms. The number of guanidine groups is 1. The second-order valence-electron chi connectivity index (χ2n) is 4.87. The van der Waals surface area contributed by atoms with Gasteiger partial charge in [0.15, 0.2) is 5.96 Å². The molecule has 0 fully saturated rings. The third-order valence-corrected chi connectivity index (χ3v) is 2.90. The largest absolute Gasteiger partial charge is 0.489 e. The SMILES string of the molecule is CN=C(NCCOCCOC)NCC(C)Oc1ccc(F)cc1. The lowest BCUT2D eigenvalue weighted by Gasteiger charge is -2.17. The van der Waals surface area contributed by atoms with Crippen LogP contribution in [0.1, 0.15) is 6.92 Å². The maximum absolute atomic E-state index is 12.8. The fraction of sp³-hybridized carbons (Fsp3) is 0.562.